The van der Waals surface area contributed by atoms with Gasteiger partial charge in [-0.3, -0.25) is 9.89 Å². The van der Waals surface area contributed by atoms with Gasteiger partial charge < -0.3 is 14.5 Å². The van der Waals surface area contributed by atoms with Crippen LogP contribution in [0.4, 0.5) is 5.69 Å². The number of hydrogen-bond acceptors (Lipinski definition) is 5. The number of aromatic amines is 1. The zero-order chi connectivity index (χ0) is 18.8. The van der Waals surface area contributed by atoms with Crippen molar-refractivity contribution in [3.8, 4) is 17.2 Å². The van der Waals surface area contributed by atoms with Crippen molar-refractivity contribution in [2.75, 3.05) is 12.4 Å². The maximum Gasteiger partial charge on any atom is 0.230 e. The molecule has 0 spiro atoms. The Hall–Kier alpha value is -3.61. The molecule has 0 atom stereocenters. The standard InChI is InChI=1S/C20H18N4O3/c1-12-17(23-20(27-12)13-4-7-16(26-2)8-5-13)10-19(25)22-15-6-3-14-11-21-24-18(14)9-15/h3-9,11H,10H2,1-2H3,(H,21,24)(H,22,25). The molecule has 0 unspecified atom stereocenters. The molecule has 7 heteroatoms. The number of rotatable bonds is 5. The van der Waals surface area contributed by atoms with E-state index in [-0.39, 0.29) is 12.3 Å². The first-order valence-electron chi connectivity index (χ1n) is 8.46. The Morgan fingerprint density at radius 3 is 2.81 bits per heavy atom. The predicted octanol–water partition coefficient (Wildman–Crippen LogP) is 3.72. The van der Waals surface area contributed by atoms with E-state index >= 15 is 0 Å². The number of aromatic nitrogens is 3. The Bertz CT molecular complexity index is 1100. The number of nitrogens with one attached hydrogen (secondary N) is 2. The maximum absolute atomic E-state index is 12.4. The van der Waals surface area contributed by atoms with Gasteiger partial charge in [-0.05, 0) is 49.4 Å². The third-order valence-corrected chi connectivity index (χ3v) is 4.28. The highest BCUT2D eigenvalue weighted by Crippen LogP contribution is 2.24. The lowest BCUT2D eigenvalue weighted by atomic mass is 10.2. The normalized spacial score (nSPS) is 10.9. The summed E-state index contributed by atoms with van der Waals surface area (Å²) < 4.78 is 10.9. The summed E-state index contributed by atoms with van der Waals surface area (Å²) in [6, 6.07) is 13.0. The van der Waals surface area contributed by atoms with Crippen molar-refractivity contribution < 1.29 is 13.9 Å². The minimum absolute atomic E-state index is 0.131. The minimum atomic E-state index is -0.161. The molecule has 0 aliphatic carbocycles. The van der Waals surface area contributed by atoms with Crippen LogP contribution in [-0.4, -0.2) is 28.2 Å². The molecule has 2 N–H and O–H groups in total. The summed E-state index contributed by atoms with van der Waals surface area (Å²) in [6.07, 6.45) is 1.87. The summed E-state index contributed by atoms with van der Waals surface area (Å²) in [5.41, 5.74) is 3.01. The highest BCUT2D eigenvalue weighted by atomic mass is 16.5. The van der Waals surface area contributed by atoms with E-state index in [2.05, 4.69) is 20.5 Å². The van der Waals surface area contributed by atoms with Gasteiger partial charge in [0.2, 0.25) is 11.8 Å². The number of nitrogens with zero attached hydrogens (tertiary/aromatic N) is 2. The smallest absolute Gasteiger partial charge is 0.230 e. The Balaban J connectivity index is 1.48. The second-order valence-corrected chi connectivity index (χ2v) is 6.15. The van der Waals surface area contributed by atoms with Crippen molar-refractivity contribution in [1.29, 1.82) is 0 Å². The Morgan fingerprint density at radius 1 is 1.22 bits per heavy atom. The van der Waals surface area contributed by atoms with Gasteiger partial charge in [-0.2, -0.15) is 5.10 Å². The predicted molar refractivity (Wildman–Crippen MR) is 102 cm³/mol. The lowest BCUT2D eigenvalue weighted by Gasteiger charge is -2.04. The molecule has 0 aliphatic heterocycles. The van der Waals surface area contributed by atoms with Crippen molar-refractivity contribution in [2.45, 2.75) is 13.3 Å². The van der Waals surface area contributed by atoms with E-state index in [1.807, 2.05) is 42.5 Å². The van der Waals surface area contributed by atoms with Crippen LogP contribution in [0.2, 0.25) is 0 Å². The number of anilines is 1. The van der Waals surface area contributed by atoms with Crippen LogP contribution in [0.15, 0.2) is 53.1 Å². The van der Waals surface area contributed by atoms with Gasteiger partial charge in [-0.25, -0.2) is 4.98 Å². The molecule has 0 fully saturated rings. The van der Waals surface area contributed by atoms with Gasteiger partial charge in [0.15, 0.2) is 0 Å². The molecular weight excluding hydrogens is 344 g/mol. The first-order valence-corrected chi connectivity index (χ1v) is 8.46. The summed E-state index contributed by atoms with van der Waals surface area (Å²) in [6.45, 7) is 1.80. The molecule has 2 heterocycles. The van der Waals surface area contributed by atoms with Crippen LogP contribution >= 0.6 is 0 Å². The number of ether oxygens (including phenoxy) is 1. The van der Waals surface area contributed by atoms with E-state index in [0.29, 0.717) is 23.0 Å². The van der Waals surface area contributed by atoms with Gasteiger partial charge in [0.1, 0.15) is 11.5 Å². The molecule has 0 radical (unpaired) electrons. The van der Waals surface area contributed by atoms with Gasteiger partial charge >= 0.3 is 0 Å². The summed E-state index contributed by atoms with van der Waals surface area (Å²) in [5, 5.41) is 10.7. The van der Waals surface area contributed by atoms with Gasteiger partial charge in [-0.1, -0.05) is 0 Å². The molecule has 0 saturated heterocycles. The van der Waals surface area contributed by atoms with Crippen LogP contribution in [0.1, 0.15) is 11.5 Å². The zero-order valence-corrected chi connectivity index (χ0v) is 14.9. The number of fused-ring (bicyclic) bond motifs is 1. The number of methoxy groups -OCH3 is 1. The topological polar surface area (TPSA) is 93.0 Å². The van der Waals surface area contributed by atoms with Crippen molar-refractivity contribution in [2.24, 2.45) is 0 Å². The minimum Gasteiger partial charge on any atom is -0.497 e. The monoisotopic (exact) mass is 362 g/mol. The van der Waals surface area contributed by atoms with Crippen molar-refractivity contribution >= 4 is 22.5 Å². The maximum atomic E-state index is 12.4. The molecule has 2 aromatic carbocycles. The zero-order valence-electron chi connectivity index (χ0n) is 14.9. The van der Waals surface area contributed by atoms with Crippen molar-refractivity contribution in [3.05, 3.63) is 60.1 Å². The van der Waals surface area contributed by atoms with E-state index in [4.69, 9.17) is 9.15 Å². The molecule has 7 nitrogen and oxygen atoms in total. The van der Waals surface area contributed by atoms with Crippen LogP contribution in [0.25, 0.3) is 22.4 Å². The highest BCUT2D eigenvalue weighted by molar-refractivity contribution is 5.94. The van der Waals surface area contributed by atoms with E-state index in [1.165, 1.54) is 0 Å². The fraction of sp³-hybridized carbons (Fsp3) is 0.150. The Labute approximate surface area is 155 Å². The first-order chi connectivity index (χ1) is 13.1. The number of aryl methyl sites for hydroxylation is 1. The molecule has 0 saturated carbocycles. The molecule has 0 bridgehead atoms. The van der Waals surface area contributed by atoms with E-state index in [9.17, 15) is 4.79 Å². The highest BCUT2D eigenvalue weighted by Gasteiger charge is 2.15. The molecular formula is C20H18N4O3. The van der Waals surface area contributed by atoms with Crippen LogP contribution in [-0.2, 0) is 11.2 Å². The molecule has 0 aliphatic rings. The van der Waals surface area contributed by atoms with Gasteiger partial charge in [0.25, 0.3) is 0 Å². The molecule has 4 aromatic rings. The Kier molecular flexibility index (Phi) is 4.33. The number of amides is 1. The fourth-order valence-electron chi connectivity index (χ4n) is 2.82. The summed E-state index contributed by atoms with van der Waals surface area (Å²) >= 11 is 0. The fourth-order valence-corrected chi connectivity index (χ4v) is 2.82. The van der Waals surface area contributed by atoms with Crippen LogP contribution < -0.4 is 10.1 Å². The van der Waals surface area contributed by atoms with E-state index < -0.39 is 0 Å². The third kappa shape index (κ3) is 3.52. The van der Waals surface area contributed by atoms with Crippen LogP contribution in [0.5, 0.6) is 5.75 Å². The number of carbonyl (C=O) groups excluding carboxylic acids is 1. The Morgan fingerprint density at radius 2 is 2.04 bits per heavy atom. The first kappa shape index (κ1) is 16.8. The number of benzene rings is 2. The van der Waals surface area contributed by atoms with E-state index in [0.717, 1.165) is 22.2 Å². The van der Waals surface area contributed by atoms with Gasteiger partial charge in [-0.15, -0.1) is 0 Å². The van der Waals surface area contributed by atoms with Gasteiger partial charge in [0, 0.05) is 16.6 Å². The van der Waals surface area contributed by atoms with Crippen molar-refractivity contribution in [3.63, 3.8) is 0 Å². The molecule has 2 aromatic heterocycles. The lowest BCUT2D eigenvalue weighted by Crippen LogP contribution is -2.15. The number of H-pyrrole nitrogens is 1. The second kappa shape index (κ2) is 6.95. The molecule has 1 amide bonds. The van der Waals surface area contributed by atoms with E-state index in [1.54, 1.807) is 20.2 Å². The molecule has 4 rings (SSSR count). The van der Waals surface area contributed by atoms with Crippen LogP contribution in [0.3, 0.4) is 0 Å². The molecule has 136 valence electrons. The summed E-state index contributed by atoms with van der Waals surface area (Å²) in [5.74, 6) is 1.71. The summed E-state index contributed by atoms with van der Waals surface area (Å²) in [7, 11) is 1.62. The lowest BCUT2D eigenvalue weighted by molar-refractivity contribution is -0.115. The quantitative estimate of drug-likeness (QED) is 0.564. The third-order valence-electron chi connectivity index (χ3n) is 4.28. The average molecular weight is 362 g/mol. The number of oxazole rings is 1. The van der Waals surface area contributed by atoms with Crippen LogP contribution in [0, 0.1) is 6.92 Å². The largest absolute Gasteiger partial charge is 0.497 e. The average Bonchev–Trinajstić information content (AvgIpc) is 3.28. The van der Waals surface area contributed by atoms with Gasteiger partial charge in [0.05, 0.1) is 30.9 Å². The number of hydrogen-bond donors (Lipinski definition) is 2. The summed E-state index contributed by atoms with van der Waals surface area (Å²) in [4.78, 5) is 16.9. The number of carbonyl (C=O) groups is 1. The van der Waals surface area contributed by atoms with Crippen molar-refractivity contribution in [1.82, 2.24) is 15.2 Å². The second-order valence-electron chi connectivity index (χ2n) is 6.15. The molecule has 27 heavy (non-hydrogen) atoms. The SMILES string of the molecule is COc1ccc(-c2nc(CC(=O)Nc3ccc4cn[nH]c4c3)c(C)o2)cc1.